The van der Waals surface area contributed by atoms with E-state index in [0.29, 0.717) is 35.2 Å². The van der Waals surface area contributed by atoms with Crippen LogP contribution < -0.4 is 10.1 Å². The number of halogens is 1. The highest BCUT2D eigenvalue weighted by atomic mass is 35.5. The first-order valence-electron chi connectivity index (χ1n) is 10.8. The molecule has 1 N–H and O–H groups in total. The molecule has 2 amide bonds. The third-order valence-electron chi connectivity index (χ3n) is 5.34. The van der Waals surface area contributed by atoms with Crippen molar-refractivity contribution in [3.8, 4) is 5.75 Å². The number of hydrogen-bond donors (Lipinski definition) is 1. The van der Waals surface area contributed by atoms with Crippen molar-refractivity contribution in [2.75, 3.05) is 18.4 Å². The Morgan fingerprint density at radius 2 is 1.88 bits per heavy atom. The van der Waals surface area contributed by atoms with Crippen LogP contribution in [0.3, 0.4) is 0 Å². The fourth-order valence-corrected chi connectivity index (χ4v) is 4.77. The minimum atomic E-state index is -0.279. The Labute approximate surface area is 201 Å². The molecular weight excluding hydrogens is 460 g/mol. The van der Waals surface area contributed by atoms with Gasteiger partial charge in [-0.15, -0.1) is 11.3 Å². The van der Waals surface area contributed by atoms with Crippen LogP contribution in [-0.2, 0) is 0 Å². The topological polar surface area (TPSA) is 84.4 Å². The van der Waals surface area contributed by atoms with Crippen molar-refractivity contribution in [2.45, 2.75) is 38.7 Å². The molecule has 7 nitrogen and oxygen atoms in total. The van der Waals surface area contributed by atoms with E-state index in [1.807, 2.05) is 43.0 Å². The van der Waals surface area contributed by atoms with Gasteiger partial charge in [0.2, 0.25) is 0 Å². The van der Waals surface area contributed by atoms with Crippen molar-refractivity contribution < 1.29 is 14.3 Å². The fraction of sp³-hybridized carbons (Fsp3) is 0.333. The normalized spacial score (nSPS) is 14.4. The van der Waals surface area contributed by atoms with Crippen LogP contribution in [0.1, 0.15) is 58.5 Å². The summed E-state index contributed by atoms with van der Waals surface area (Å²) in [5.74, 6) is 0.746. The Morgan fingerprint density at radius 1 is 1.15 bits per heavy atom. The maximum absolute atomic E-state index is 12.9. The van der Waals surface area contributed by atoms with Crippen LogP contribution in [-0.4, -0.2) is 45.9 Å². The molecule has 1 fully saturated rings. The van der Waals surface area contributed by atoms with Crippen molar-refractivity contribution in [2.24, 2.45) is 0 Å². The number of carbonyl (C=O) groups is 2. The number of benzene rings is 1. The van der Waals surface area contributed by atoms with E-state index in [9.17, 15) is 9.59 Å². The Morgan fingerprint density at radius 3 is 2.52 bits per heavy atom. The van der Waals surface area contributed by atoms with Crippen LogP contribution in [0.4, 0.5) is 5.69 Å². The molecule has 0 spiro atoms. The molecule has 3 heterocycles. The largest absolute Gasteiger partial charge is 0.491 e. The highest BCUT2D eigenvalue weighted by Gasteiger charge is 2.27. The second kappa shape index (κ2) is 10.3. The number of nitrogens with zero attached hydrogens (tertiary/aromatic N) is 3. The van der Waals surface area contributed by atoms with Crippen molar-refractivity contribution >= 4 is 40.4 Å². The standard InChI is InChI=1S/C24H25ClN4O3S/c1-15(2)32-19-6-3-17(4-7-19)24(31)29-11-9-16(10-12-29)23-28-20(14-33-23)22(30)27-18-5-8-21(25)26-13-18/h3-8,13-16H,9-12H2,1-2H3,(H,27,30). The molecule has 3 aromatic rings. The average Bonchev–Trinajstić information content (AvgIpc) is 3.31. The summed E-state index contributed by atoms with van der Waals surface area (Å²) in [5, 5.41) is 5.84. The smallest absolute Gasteiger partial charge is 0.275 e. The van der Waals surface area contributed by atoms with E-state index in [2.05, 4.69) is 15.3 Å². The number of ether oxygens (including phenoxy) is 1. The zero-order valence-electron chi connectivity index (χ0n) is 18.5. The van der Waals surface area contributed by atoms with Gasteiger partial charge >= 0.3 is 0 Å². The number of amides is 2. The number of hydrogen-bond acceptors (Lipinski definition) is 6. The summed E-state index contributed by atoms with van der Waals surface area (Å²) in [7, 11) is 0. The van der Waals surface area contributed by atoms with Crippen molar-refractivity contribution in [3.05, 3.63) is 69.4 Å². The van der Waals surface area contributed by atoms with E-state index in [4.69, 9.17) is 16.3 Å². The van der Waals surface area contributed by atoms with E-state index in [-0.39, 0.29) is 23.8 Å². The predicted octanol–water partition coefficient (Wildman–Crippen LogP) is 5.25. The number of nitrogens with one attached hydrogen (secondary N) is 1. The summed E-state index contributed by atoms with van der Waals surface area (Å²) >= 11 is 7.26. The Hall–Kier alpha value is -2.97. The highest BCUT2D eigenvalue weighted by Crippen LogP contribution is 2.31. The molecule has 0 saturated carbocycles. The molecule has 2 aromatic heterocycles. The lowest BCUT2D eigenvalue weighted by Crippen LogP contribution is -2.37. The lowest BCUT2D eigenvalue weighted by atomic mass is 9.97. The van der Waals surface area contributed by atoms with Crippen LogP contribution in [0, 0.1) is 0 Å². The zero-order valence-corrected chi connectivity index (χ0v) is 20.0. The third-order valence-corrected chi connectivity index (χ3v) is 6.58. The minimum Gasteiger partial charge on any atom is -0.491 e. The van der Waals surface area contributed by atoms with Gasteiger partial charge in [-0.05, 0) is 63.1 Å². The first-order chi connectivity index (χ1) is 15.9. The van der Waals surface area contributed by atoms with E-state index in [1.54, 1.807) is 17.5 Å². The van der Waals surface area contributed by atoms with Crippen LogP contribution in [0.25, 0.3) is 0 Å². The maximum atomic E-state index is 12.9. The Kier molecular flexibility index (Phi) is 7.25. The second-order valence-corrected chi connectivity index (χ2v) is 9.43. The van der Waals surface area contributed by atoms with Crippen LogP contribution >= 0.6 is 22.9 Å². The van der Waals surface area contributed by atoms with Gasteiger partial charge in [0.05, 0.1) is 23.0 Å². The molecule has 1 aromatic carbocycles. The fourth-order valence-electron chi connectivity index (χ4n) is 3.68. The van der Waals surface area contributed by atoms with Gasteiger partial charge in [-0.1, -0.05) is 11.6 Å². The van der Waals surface area contributed by atoms with E-state index in [1.165, 1.54) is 17.5 Å². The van der Waals surface area contributed by atoms with Gasteiger partial charge in [0.15, 0.2) is 0 Å². The van der Waals surface area contributed by atoms with Crippen LogP contribution in [0.5, 0.6) is 5.75 Å². The second-order valence-electron chi connectivity index (χ2n) is 8.15. The van der Waals surface area contributed by atoms with Gasteiger partial charge in [-0.3, -0.25) is 9.59 Å². The Balaban J connectivity index is 1.31. The van der Waals surface area contributed by atoms with E-state index < -0.39 is 0 Å². The predicted molar refractivity (Wildman–Crippen MR) is 129 cm³/mol. The summed E-state index contributed by atoms with van der Waals surface area (Å²) in [6.45, 7) is 5.26. The minimum absolute atomic E-state index is 0.0281. The lowest BCUT2D eigenvalue weighted by molar-refractivity contribution is 0.0713. The number of anilines is 1. The molecule has 1 aliphatic rings. The third kappa shape index (κ3) is 5.89. The summed E-state index contributed by atoms with van der Waals surface area (Å²) in [4.78, 5) is 35.7. The van der Waals surface area contributed by atoms with Gasteiger partial charge in [0, 0.05) is 30.0 Å². The van der Waals surface area contributed by atoms with Crippen LogP contribution in [0.15, 0.2) is 48.0 Å². The monoisotopic (exact) mass is 484 g/mol. The van der Waals surface area contributed by atoms with Gasteiger partial charge in [-0.2, -0.15) is 0 Å². The van der Waals surface area contributed by atoms with Crippen molar-refractivity contribution in [1.82, 2.24) is 14.9 Å². The molecule has 172 valence electrons. The molecule has 0 radical (unpaired) electrons. The molecule has 0 bridgehead atoms. The number of rotatable bonds is 6. The molecule has 4 rings (SSSR count). The number of pyridine rings is 1. The lowest BCUT2D eigenvalue weighted by Gasteiger charge is -2.31. The highest BCUT2D eigenvalue weighted by molar-refractivity contribution is 7.10. The molecule has 0 atom stereocenters. The van der Waals surface area contributed by atoms with Gasteiger partial charge in [-0.25, -0.2) is 9.97 Å². The SMILES string of the molecule is CC(C)Oc1ccc(C(=O)N2CCC(c3nc(C(=O)Nc4ccc(Cl)nc4)cs3)CC2)cc1. The van der Waals surface area contributed by atoms with Gasteiger partial charge < -0.3 is 15.0 Å². The average molecular weight is 485 g/mol. The molecule has 33 heavy (non-hydrogen) atoms. The summed E-state index contributed by atoms with van der Waals surface area (Å²) in [6, 6.07) is 10.6. The summed E-state index contributed by atoms with van der Waals surface area (Å²) in [5.41, 5.74) is 1.61. The molecular formula is C24H25ClN4O3S. The zero-order chi connectivity index (χ0) is 23.4. The van der Waals surface area contributed by atoms with Crippen LogP contribution in [0.2, 0.25) is 5.15 Å². The van der Waals surface area contributed by atoms with Crippen molar-refractivity contribution in [3.63, 3.8) is 0 Å². The molecule has 1 saturated heterocycles. The summed E-state index contributed by atoms with van der Waals surface area (Å²) in [6.07, 6.45) is 3.23. The number of aromatic nitrogens is 2. The van der Waals surface area contributed by atoms with Gasteiger partial charge in [0.1, 0.15) is 16.6 Å². The first-order valence-corrected chi connectivity index (χ1v) is 12.1. The molecule has 1 aliphatic heterocycles. The quantitative estimate of drug-likeness (QED) is 0.483. The number of carbonyl (C=O) groups excluding carboxylic acids is 2. The Bertz CT molecular complexity index is 1110. The number of piperidine rings is 1. The maximum Gasteiger partial charge on any atom is 0.275 e. The number of thiazole rings is 1. The molecule has 0 unspecified atom stereocenters. The molecule has 0 aliphatic carbocycles. The van der Waals surface area contributed by atoms with E-state index in [0.717, 1.165) is 23.6 Å². The summed E-state index contributed by atoms with van der Waals surface area (Å²) < 4.78 is 5.65. The number of likely N-dealkylation sites (tertiary alicyclic amines) is 1. The first kappa shape index (κ1) is 23.2. The molecule has 9 heteroatoms. The van der Waals surface area contributed by atoms with Gasteiger partial charge in [0.25, 0.3) is 11.8 Å². The van der Waals surface area contributed by atoms with E-state index >= 15 is 0 Å². The van der Waals surface area contributed by atoms with Crippen molar-refractivity contribution in [1.29, 1.82) is 0 Å².